The number of nitrogens with zero attached hydrogens (tertiary/aromatic N) is 2. The molecule has 14 heavy (non-hydrogen) atoms. The van der Waals surface area contributed by atoms with Gasteiger partial charge in [-0.2, -0.15) is 0 Å². The van der Waals surface area contributed by atoms with Gasteiger partial charge in [-0.25, -0.2) is 9.97 Å². The summed E-state index contributed by atoms with van der Waals surface area (Å²) in [6.07, 6.45) is 4.30. The zero-order chi connectivity index (χ0) is 9.80. The largest absolute Gasteiger partial charge is 0.381 e. The van der Waals surface area contributed by atoms with Crippen molar-refractivity contribution in [2.45, 2.75) is 6.42 Å². The Bertz CT molecular complexity index is 302. The van der Waals surface area contributed by atoms with Crippen LogP contribution in [0.3, 0.4) is 0 Å². The Morgan fingerprint density at radius 2 is 2.36 bits per heavy atom. The number of ether oxygens (including phenoxy) is 1. The molecule has 2 rings (SSSR count). The second-order valence-corrected chi connectivity index (χ2v) is 3.66. The van der Waals surface area contributed by atoms with E-state index in [-0.39, 0.29) is 0 Å². The molecule has 2 heterocycles. The molecule has 76 valence electrons. The number of hydrogen-bond acceptors (Lipinski definition) is 4. The van der Waals surface area contributed by atoms with Crippen LogP contribution in [0.15, 0.2) is 12.4 Å². The minimum Gasteiger partial charge on any atom is -0.381 e. The third-order valence-corrected chi connectivity index (χ3v) is 2.51. The number of anilines is 1. The number of aromatic nitrogens is 2. The maximum absolute atomic E-state index is 5.84. The monoisotopic (exact) mass is 213 g/mol. The van der Waals surface area contributed by atoms with E-state index in [1.807, 2.05) is 0 Å². The molecule has 1 N–H and O–H groups in total. The third-order valence-electron chi connectivity index (χ3n) is 2.24. The van der Waals surface area contributed by atoms with Crippen molar-refractivity contribution in [2.24, 2.45) is 5.92 Å². The van der Waals surface area contributed by atoms with E-state index in [0.29, 0.717) is 16.9 Å². The SMILES string of the molecule is Clc1nccnc1NCC1CCOC1. The predicted octanol–water partition coefficient (Wildman–Crippen LogP) is 1.58. The van der Waals surface area contributed by atoms with E-state index < -0.39 is 0 Å². The minimum atomic E-state index is 0.423. The molecule has 1 unspecified atom stereocenters. The summed E-state index contributed by atoms with van der Waals surface area (Å²) < 4.78 is 5.27. The van der Waals surface area contributed by atoms with Crippen LogP contribution in [0.2, 0.25) is 5.15 Å². The first kappa shape index (κ1) is 9.68. The van der Waals surface area contributed by atoms with Crippen molar-refractivity contribution in [3.63, 3.8) is 0 Å². The lowest BCUT2D eigenvalue weighted by Crippen LogP contribution is -2.15. The van der Waals surface area contributed by atoms with Crippen molar-refractivity contribution in [2.75, 3.05) is 25.1 Å². The first-order valence-corrected chi connectivity index (χ1v) is 5.02. The summed E-state index contributed by atoms with van der Waals surface area (Å²) in [7, 11) is 0. The van der Waals surface area contributed by atoms with Gasteiger partial charge in [-0.1, -0.05) is 11.6 Å². The Balaban J connectivity index is 1.88. The third kappa shape index (κ3) is 2.33. The summed E-state index contributed by atoms with van der Waals surface area (Å²) in [6.45, 7) is 2.53. The van der Waals surface area contributed by atoms with Crippen LogP contribution >= 0.6 is 11.6 Å². The lowest BCUT2D eigenvalue weighted by molar-refractivity contribution is 0.187. The molecule has 1 saturated heterocycles. The van der Waals surface area contributed by atoms with Gasteiger partial charge < -0.3 is 10.1 Å². The topological polar surface area (TPSA) is 47.0 Å². The molecule has 1 aliphatic heterocycles. The van der Waals surface area contributed by atoms with Gasteiger partial charge in [-0.05, 0) is 6.42 Å². The van der Waals surface area contributed by atoms with Crippen molar-refractivity contribution >= 4 is 17.4 Å². The molecule has 1 atom stereocenters. The number of nitrogens with one attached hydrogen (secondary N) is 1. The second-order valence-electron chi connectivity index (χ2n) is 3.31. The Labute approximate surface area is 87.7 Å². The van der Waals surface area contributed by atoms with Crippen LogP contribution in [0.1, 0.15) is 6.42 Å². The molecule has 5 heteroatoms. The van der Waals surface area contributed by atoms with Crippen molar-refractivity contribution in [3.05, 3.63) is 17.5 Å². The minimum absolute atomic E-state index is 0.423. The average molecular weight is 214 g/mol. The Hall–Kier alpha value is -0.870. The molecule has 1 aromatic heterocycles. The van der Waals surface area contributed by atoms with Crippen LogP contribution in [0, 0.1) is 5.92 Å². The second kappa shape index (κ2) is 4.57. The van der Waals surface area contributed by atoms with Crippen LogP contribution in [-0.4, -0.2) is 29.7 Å². The van der Waals surface area contributed by atoms with Crippen molar-refractivity contribution in [3.8, 4) is 0 Å². The summed E-state index contributed by atoms with van der Waals surface area (Å²) in [5.74, 6) is 1.22. The molecular formula is C9H12ClN3O. The fourth-order valence-electron chi connectivity index (χ4n) is 1.42. The first-order chi connectivity index (χ1) is 6.86. The van der Waals surface area contributed by atoms with E-state index in [2.05, 4.69) is 15.3 Å². The molecule has 4 nitrogen and oxygen atoms in total. The smallest absolute Gasteiger partial charge is 0.171 e. The van der Waals surface area contributed by atoms with Crippen LogP contribution < -0.4 is 5.32 Å². The molecule has 0 aromatic carbocycles. The molecular weight excluding hydrogens is 202 g/mol. The van der Waals surface area contributed by atoms with Gasteiger partial charge >= 0.3 is 0 Å². The quantitative estimate of drug-likeness (QED) is 0.828. The van der Waals surface area contributed by atoms with Gasteiger partial charge in [0.15, 0.2) is 11.0 Å². The van der Waals surface area contributed by atoms with E-state index in [0.717, 1.165) is 26.2 Å². The number of rotatable bonds is 3. The Kier molecular flexibility index (Phi) is 3.16. The summed E-state index contributed by atoms with van der Waals surface area (Å²) in [6, 6.07) is 0. The fourth-order valence-corrected chi connectivity index (χ4v) is 1.60. The van der Waals surface area contributed by atoms with E-state index in [1.165, 1.54) is 0 Å². The molecule has 0 amide bonds. The van der Waals surface area contributed by atoms with Crippen molar-refractivity contribution in [1.82, 2.24) is 9.97 Å². The van der Waals surface area contributed by atoms with Gasteiger partial charge in [0.05, 0.1) is 6.61 Å². The van der Waals surface area contributed by atoms with Crippen molar-refractivity contribution in [1.29, 1.82) is 0 Å². The highest BCUT2D eigenvalue weighted by molar-refractivity contribution is 6.31. The maximum atomic E-state index is 5.84. The Morgan fingerprint density at radius 1 is 1.50 bits per heavy atom. The summed E-state index contributed by atoms with van der Waals surface area (Å²) >= 11 is 5.84. The molecule has 0 aliphatic carbocycles. The Morgan fingerprint density at radius 3 is 3.07 bits per heavy atom. The van der Waals surface area contributed by atoms with Crippen molar-refractivity contribution < 1.29 is 4.74 Å². The molecule has 1 aromatic rings. The normalized spacial score (nSPS) is 21.1. The first-order valence-electron chi connectivity index (χ1n) is 4.64. The predicted molar refractivity (Wildman–Crippen MR) is 54.5 cm³/mol. The lowest BCUT2D eigenvalue weighted by atomic mass is 10.1. The van der Waals surface area contributed by atoms with E-state index in [1.54, 1.807) is 12.4 Å². The molecule has 1 fully saturated rings. The molecule has 0 saturated carbocycles. The highest BCUT2D eigenvalue weighted by Gasteiger charge is 2.15. The van der Waals surface area contributed by atoms with Gasteiger partial charge in [-0.3, -0.25) is 0 Å². The molecule has 0 radical (unpaired) electrons. The summed E-state index contributed by atoms with van der Waals surface area (Å²) in [5.41, 5.74) is 0. The zero-order valence-corrected chi connectivity index (χ0v) is 8.50. The summed E-state index contributed by atoms with van der Waals surface area (Å²) in [4.78, 5) is 8.03. The van der Waals surface area contributed by atoms with Crippen LogP contribution in [-0.2, 0) is 4.74 Å². The van der Waals surface area contributed by atoms with Gasteiger partial charge in [0.25, 0.3) is 0 Å². The average Bonchev–Trinajstić information content (AvgIpc) is 2.69. The van der Waals surface area contributed by atoms with Crippen LogP contribution in [0.4, 0.5) is 5.82 Å². The van der Waals surface area contributed by atoms with E-state index in [9.17, 15) is 0 Å². The molecule has 1 aliphatic rings. The number of halogens is 1. The van der Waals surface area contributed by atoms with Gasteiger partial charge in [0, 0.05) is 31.5 Å². The maximum Gasteiger partial charge on any atom is 0.171 e. The summed E-state index contributed by atoms with van der Waals surface area (Å²) in [5, 5.41) is 3.59. The highest BCUT2D eigenvalue weighted by atomic mass is 35.5. The molecule has 0 spiro atoms. The van der Waals surface area contributed by atoms with Crippen LogP contribution in [0.5, 0.6) is 0 Å². The number of hydrogen-bond donors (Lipinski definition) is 1. The molecule has 0 bridgehead atoms. The standard InChI is InChI=1S/C9H12ClN3O/c10-8-9(12-3-2-11-8)13-5-7-1-4-14-6-7/h2-3,7H,1,4-6H2,(H,12,13). The van der Waals surface area contributed by atoms with Crippen LogP contribution in [0.25, 0.3) is 0 Å². The van der Waals surface area contributed by atoms with E-state index >= 15 is 0 Å². The fraction of sp³-hybridized carbons (Fsp3) is 0.556. The zero-order valence-electron chi connectivity index (χ0n) is 7.74. The highest BCUT2D eigenvalue weighted by Crippen LogP contribution is 2.17. The van der Waals surface area contributed by atoms with E-state index in [4.69, 9.17) is 16.3 Å². The van der Waals surface area contributed by atoms with Gasteiger partial charge in [-0.15, -0.1) is 0 Å². The van der Waals surface area contributed by atoms with Gasteiger partial charge in [0.1, 0.15) is 0 Å². The van der Waals surface area contributed by atoms with Gasteiger partial charge in [0.2, 0.25) is 0 Å². The lowest BCUT2D eigenvalue weighted by Gasteiger charge is -2.09.